The van der Waals surface area contributed by atoms with E-state index in [1.54, 1.807) is 14.2 Å². The van der Waals surface area contributed by atoms with Crippen LogP contribution in [0.1, 0.15) is 22.3 Å². The molecule has 1 unspecified atom stereocenters. The van der Waals surface area contributed by atoms with Gasteiger partial charge in [-0.1, -0.05) is 60.7 Å². The zero-order valence-electron chi connectivity index (χ0n) is 16.3. The fourth-order valence-corrected chi connectivity index (χ4v) is 4.22. The summed E-state index contributed by atoms with van der Waals surface area (Å²) in [6, 6.07) is 25.2. The largest absolute Gasteiger partial charge is 0.497 e. The number of hydrogen-bond acceptors (Lipinski definition) is 2. The topological polar surface area (TPSA) is 18.5 Å². The van der Waals surface area contributed by atoms with Crippen LogP contribution in [0.3, 0.4) is 0 Å². The second-order valence-electron chi connectivity index (χ2n) is 6.95. The number of methoxy groups -OCH3 is 2. The Morgan fingerprint density at radius 3 is 2.04 bits per heavy atom. The van der Waals surface area contributed by atoms with Crippen LogP contribution in [0.15, 0.2) is 91.5 Å². The van der Waals surface area contributed by atoms with Gasteiger partial charge in [0.1, 0.15) is 11.5 Å². The van der Waals surface area contributed by atoms with Crippen molar-refractivity contribution in [2.24, 2.45) is 0 Å². The summed E-state index contributed by atoms with van der Waals surface area (Å²) in [5, 5.41) is 0. The number of hydrogen-bond donors (Lipinski definition) is 0. The minimum atomic E-state index is -0.421. The summed E-state index contributed by atoms with van der Waals surface area (Å²) in [5.41, 5.74) is 5.78. The lowest BCUT2D eigenvalue weighted by atomic mass is 9.63. The van der Waals surface area contributed by atoms with Crippen molar-refractivity contribution < 1.29 is 9.47 Å². The van der Waals surface area contributed by atoms with Gasteiger partial charge in [0.2, 0.25) is 0 Å². The predicted molar refractivity (Wildman–Crippen MR) is 115 cm³/mol. The number of allylic oxidation sites excluding steroid dienone is 3. The Kier molecular flexibility index (Phi) is 4.79. The second kappa shape index (κ2) is 7.40. The lowest BCUT2D eigenvalue weighted by molar-refractivity contribution is 0.414. The van der Waals surface area contributed by atoms with Crippen LogP contribution in [-0.4, -0.2) is 14.2 Å². The molecule has 28 heavy (non-hydrogen) atoms. The summed E-state index contributed by atoms with van der Waals surface area (Å²) in [5.74, 6) is 1.70. The summed E-state index contributed by atoms with van der Waals surface area (Å²) in [4.78, 5) is 0. The zero-order chi connectivity index (χ0) is 19.6. The van der Waals surface area contributed by atoms with Crippen molar-refractivity contribution in [3.8, 4) is 11.5 Å². The van der Waals surface area contributed by atoms with Gasteiger partial charge < -0.3 is 9.47 Å². The van der Waals surface area contributed by atoms with Crippen LogP contribution >= 0.6 is 0 Å². The molecular weight excluding hydrogens is 344 g/mol. The van der Waals surface area contributed by atoms with Crippen molar-refractivity contribution in [3.63, 3.8) is 0 Å². The standard InChI is InChI=1S/C26H24O2/c1-4-26(21-12-16-23(28-3)17-13-21)24-8-6-5-7-19(24)11-18-25(26)20-9-14-22(27-2)15-10-20/h4-10,12-18H,1,11H2,2-3H3. The molecular formula is C26H24O2. The molecule has 1 atom stereocenters. The van der Waals surface area contributed by atoms with E-state index in [9.17, 15) is 0 Å². The van der Waals surface area contributed by atoms with Crippen molar-refractivity contribution in [1.82, 2.24) is 0 Å². The van der Waals surface area contributed by atoms with Crippen molar-refractivity contribution in [1.29, 1.82) is 0 Å². The van der Waals surface area contributed by atoms with Crippen molar-refractivity contribution >= 4 is 5.57 Å². The highest BCUT2D eigenvalue weighted by Crippen LogP contribution is 2.49. The fourth-order valence-electron chi connectivity index (χ4n) is 4.22. The molecule has 3 aromatic rings. The van der Waals surface area contributed by atoms with E-state index in [0.717, 1.165) is 17.9 Å². The molecule has 0 saturated carbocycles. The molecule has 0 bridgehead atoms. The first-order chi connectivity index (χ1) is 13.7. The molecule has 2 heteroatoms. The molecule has 0 saturated heterocycles. The highest BCUT2D eigenvalue weighted by atomic mass is 16.5. The van der Waals surface area contributed by atoms with Crippen LogP contribution in [0.5, 0.6) is 11.5 Å². The number of rotatable bonds is 5. The molecule has 1 aliphatic rings. The second-order valence-corrected chi connectivity index (χ2v) is 6.95. The molecule has 4 rings (SSSR count). The molecule has 2 nitrogen and oxygen atoms in total. The number of benzene rings is 3. The third kappa shape index (κ3) is 2.82. The first-order valence-electron chi connectivity index (χ1n) is 9.44. The normalized spacial score (nSPS) is 18.0. The van der Waals surface area contributed by atoms with Crippen molar-refractivity contribution in [2.75, 3.05) is 14.2 Å². The maximum atomic E-state index is 5.38. The van der Waals surface area contributed by atoms with Crippen molar-refractivity contribution in [3.05, 3.63) is 114 Å². The summed E-state index contributed by atoms with van der Waals surface area (Å²) in [6.07, 6.45) is 5.31. The van der Waals surface area contributed by atoms with E-state index in [4.69, 9.17) is 9.47 Å². The Morgan fingerprint density at radius 1 is 0.821 bits per heavy atom. The Morgan fingerprint density at radius 2 is 1.43 bits per heavy atom. The van der Waals surface area contributed by atoms with E-state index >= 15 is 0 Å². The zero-order valence-corrected chi connectivity index (χ0v) is 16.3. The average Bonchev–Trinajstić information content (AvgIpc) is 2.78. The summed E-state index contributed by atoms with van der Waals surface area (Å²) in [7, 11) is 3.38. The van der Waals surface area contributed by atoms with Gasteiger partial charge in [-0.2, -0.15) is 0 Å². The maximum absolute atomic E-state index is 5.38. The summed E-state index contributed by atoms with van der Waals surface area (Å²) in [6.45, 7) is 4.29. The summed E-state index contributed by atoms with van der Waals surface area (Å²) >= 11 is 0. The predicted octanol–water partition coefficient (Wildman–Crippen LogP) is 5.82. The van der Waals surface area contributed by atoms with Crippen LogP contribution in [0.25, 0.3) is 5.57 Å². The minimum absolute atomic E-state index is 0.421. The monoisotopic (exact) mass is 368 g/mol. The molecule has 1 aliphatic carbocycles. The number of ether oxygens (including phenoxy) is 2. The van der Waals surface area contributed by atoms with E-state index in [-0.39, 0.29) is 0 Å². The van der Waals surface area contributed by atoms with Gasteiger partial charge in [-0.25, -0.2) is 0 Å². The first-order valence-corrected chi connectivity index (χ1v) is 9.44. The van der Waals surface area contributed by atoms with Gasteiger partial charge in [-0.3, -0.25) is 0 Å². The highest BCUT2D eigenvalue weighted by Gasteiger charge is 2.39. The maximum Gasteiger partial charge on any atom is 0.118 e. The van der Waals surface area contributed by atoms with Crippen LogP contribution < -0.4 is 9.47 Å². The average molecular weight is 368 g/mol. The van der Waals surface area contributed by atoms with E-state index in [1.165, 1.54) is 27.8 Å². The van der Waals surface area contributed by atoms with E-state index in [2.05, 4.69) is 67.3 Å². The van der Waals surface area contributed by atoms with Crippen molar-refractivity contribution in [2.45, 2.75) is 11.8 Å². The lowest BCUT2D eigenvalue weighted by Gasteiger charge is -2.39. The van der Waals surface area contributed by atoms with Crippen LogP contribution in [0, 0.1) is 0 Å². The van der Waals surface area contributed by atoms with Gasteiger partial charge in [-0.15, -0.1) is 6.58 Å². The Balaban J connectivity index is 1.95. The molecule has 0 aliphatic heterocycles. The lowest BCUT2D eigenvalue weighted by Crippen LogP contribution is -2.31. The Bertz CT molecular complexity index is 1010. The van der Waals surface area contributed by atoms with Gasteiger partial charge in [0.25, 0.3) is 0 Å². The van der Waals surface area contributed by atoms with Gasteiger partial charge in [0.05, 0.1) is 19.6 Å². The molecule has 0 spiro atoms. The third-order valence-corrected chi connectivity index (χ3v) is 5.65. The molecule has 0 aromatic heterocycles. The smallest absolute Gasteiger partial charge is 0.118 e. The highest BCUT2D eigenvalue weighted by molar-refractivity contribution is 5.84. The van der Waals surface area contributed by atoms with Gasteiger partial charge in [0.15, 0.2) is 0 Å². The van der Waals surface area contributed by atoms with Gasteiger partial charge >= 0.3 is 0 Å². The van der Waals surface area contributed by atoms with Gasteiger partial charge in [0, 0.05) is 0 Å². The summed E-state index contributed by atoms with van der Waals surface area (Å²) < 4.78 is 10.7. The van der Waals surface area contributed by atoms with Crippen LogP contribution in [0.4, 0.5) is 0 Å². The number of fused-ring (bicyclic) bond motifs is 1. The molecule has 0 N–H and O–H groups in total. The molecule has 0 fully saturated rings. The van der Waals surface area contributed by atoms with Crippen LogP contribution in [0.2, 0.25) is 0 Å². The fraction of sp³-hybridized carbons (Fsp3) is 0.154. The van der Waals surface area contributed by atoms with E-state index in [0.29, 0.717) is 0 Å². The van der Waals surface area contributed by atoms with Gasteiger partial charge in [-0.05, 0) is 58.5 Å². The Hall–Kier alpha value is -3.26. The van der Waals surface area contributed by atoms with Crippen LogP contribution in [-0.2, 0) is 11.8 Å². The molecule has 3 aromatic carbocycles. The molecule has 0 amide bonds. The van der Waals surface area contributed by atoms with E-state index < -0.39 is 5.41 Å². The molecule has 0 radical (unpaired) electrons. The molecule has 0 heterocycles. The third-order valence-electron chi connectivity index (χ3n) is 5.65. The quantitative estimate of drug-likeness (QED) is 0.529. The molecule has 140 valence electrons. The minimum Gasteiger partial charge on any atom is -0.497 e. The van der Waals surface area contributed by atoms with E-state index in [1.807, 2.05) is 24.3 Å². The first kappa shape index (κ1) is 18.1. The Labute approximate surface area is 166 Å². The SMILES string of the molecule is C=CC1(c2ccc(OC)cc2)C(c2ccc(OC)cc2)=CCc2ccccc21.